The normalized spacial score (nSPS) is 22.6. The Morgan fingerprint density at radius 3 is 2.81 bits per heavy atom. The summed E-state index contributed by atoms with van der Waals surface area (Å²) >= 11 is 0. The zero-order valence-electron chi connectivity index (χ0n) is 9.95. The maximum atomic E-state index is 6.06. The predicted octanol–water partition coefficient (Wildman–Crippen LogP) is 1.30. The van der Waals surface area contributed by atoms with Gasteiger partial charge in [-0.25, -0.2) is 0 Å². The van der Waals surface area contributed by atoms with Crippen LogP contribution >= 0.6 is 0 Å². The van der Waals surface area contributed by atoms with Gasteiger partial charge in [0.1, 0.15) is 5.82 Å². The van der Waals surface area contributed by atoms with E-state index < -0.39 is 0 Å². The van der Waals surface area contributed by atoms with Crippen LogP contribution in [0.15, 0.2) is 0 Å². The fraction of sp³-hybridized carbons (Fsp3) is 0.750. The van der Waals surface area contributed by atoms with Crippen molar-refractivity contribution < 1.29 is 0 Å². The molecule has 3 rings (SSSR count). The van der Waals surface area contributed by atoms with Gasteiger partial charge in [-0.3, -0.25) is 9.58 Å². The molecule has 0 atom stereocenters. The second kappa shape index (κ2) is 3.77. The number of hydrogen-bond donors (Lipinski definition) is 1. The Labute approximate surface area is 96.4 Å². The van der Waals surface area contributed by atoms with E-state index in [1.54, 1.807) is 0 Å². The number of anilines is 1. The van der Waals surface area contributed by atoms with Crippen molar-refractivity contribution in [1.82, 2.24) is 14.7 Å². The molecule has 2 N–H and O–H groups in total. The summed E-state index contributed by atoms with van der Waals surface area (Å²) in [5, 5.41) is 4.48. The lowest BCUT2D eigenvalue weighted by atomic mass is 10.0. The quantitative estimate of drug-likeness (QED) is 0.776. The van der Waals surface area contributed by atoms with E-state index in [0.717, 1.165) is 31.4 Å². The molecule has 0 bridgehead atoms. The molecule has 1 aliphatic heterocycles. The molecule has 16 heavy (non-hydrogen) atoms. The number of aryl methyl sites for hydroxylation is 1. The van der Waals surface area contributed by atoms with Crippen molar-refractivity contribution in [2.24, 2.45) is 7.05 Å². The molecule has 1 saturated carbocycles. The van der Waals surface area contributed by atoms with Crippen LogP contribution in [0.4, 0.5) is 5.82 Å². The number of rotatable bonds is 1. The number of fused-ring (bicyclic) bond motifs is 1. The first-order chi connectivity index (χ1) is 7.75. The van der Waals surface area contributed by atoms with Crippen LogP contribution < -0.4 is 5.73 Å². The number of nitrogen functional groups attached to an aromatic ring is 1. The van der Waals surface area contributed by atoms with Gasteiger partial charge in [-0.15, -0.1) is 0 Å². The zero-order valence-corrected chi connectivity index (χ0v) is 9.95. The van der Waals surface area contributed by atoms with Crippen LogP contribution in [0.3, 0.4) is 0 Å². The molecule has 0 amide bonds. The molecule has 4 heteroatoms. The molecule has 88 valence electrons. The summed E-state index contributed by atoms with van der Waals surface area (Å²) in [5.41, 5.74) is 8.55. The van der Waals surface area contributed by atoms with Gasteiger partial charge in [0.15, 0.2) is 0 Å². The second-order valence-electron chi connectivity index (χ2n) is 5.09. The summed E-state index contributed by atoms with van der Waals surface area (Å²) in [5.74, 6) is 0.859. The third kappa shape index (κ3) is 1.52. The van der Waals surface area contributed by atoms with Gasteiger partial charge in [-0.05, 0) is 12.8 Å². The van der Waals surface area contributed by atoms with Crippen LogP contribution in [0.5, 0.6) is 0 Å². The van der Waals surface area contributed by atoms with Crippen LogP contribution in [-0.4, -0.2) is 27.3 Å². The molecular weight excluding hydrogens is 200 g/mol. The Morgan fingerprint density at radius 2 is 2.06 bits per heavy atom. The number of nitrogens with two attached hydrogens (primary N) is 1. The molecular formula is C12H20N4. The first-order valence-electron chi connectivity index (χ1n) is 6.30. The Hall–Kier alpha value is -1.03. The third-order valence-electron chi connectivity index (χ3n) is 4.12. The van der Waals surface area contributed by atoms with Gasteiger partial charge < -0.3 is 5.73 Å². The average molecular weight is 220 g/mol. The van der Waals surface area contributed by atoms with Gasteiger partial charge >= 0.3 is 0 Å². The predicted molar refractivity (Wildman–Crippen MR) is 64.0 cm³/mol. The Morgan fingerprint density at radius 1 is 1.31 bits per heavy atom. The van der Waals surface area contributed by atoms with E-state index >= 15 is 0 Å². The molecule has 1 aliphatic carbocycles. The lowest BCUT2D eigenvalue weighted by Crippen LogP contribution is -2.37. The molecule has 4 nitrogen and oxygen atoms in total. The largest absolute Gasteiger partial charge is 0.384 e. The highest BCUT2D eigenvalue weighted by atomic mass is 15.3. The topological polar surface area (TPSA) is 47.1 Å². The minimum atomic E-state index is 0.799. The highest BCUT2D eigenvalue weighted by molar-refractivity contribution is 5.44. The SMILES string of the molecule is Cn1nc2c(c1N)CN(C1CCCC1)CC2. The smallest absolute Gasteiger partial charge is 0.126 e. The molecule has 1 aromatic heterocycles. The first kappa shape index (κ1) is 10.1. The van der Waals surface area contributed by atoms with Gasteiger partial charge in [0.25, 0.3) is 0 Å². The summed E-state index contributed by atoms with van der Waals surface area (Å²) in [6, 6.07) is 0.799. The van der Waals surface area contributed by atoms with Crippen molar-refractivity contribution >= 4 is 5.82 Å². The van der Waals surface area contributed by atoms with Gasteiger partial charge in [0.05, 0.1) is 5.69 Å². The second-order valence-corrected chi connectivity index (χ2v) is 5.09. The van der Waals surface area contributed by atoms with Crippen molar-refractivity contribution in [1.29, 1.82) is 0 Å². The minimum Gasteiger partial charge on any atom is -0.384 e. The van der Waals surface area contributed by atoms with Crippen LogP contribution in [-0.2, 0) is 20.0 Å². The van der Waals surface area contributed by atoms with E-state index in [9.17, 15) is 0 Å². The summed E-state index contributed by atoms with van der Waals surface area (Å²) in [6.45, 7) is 2.17. The van der Waals surface area contributed by atoms with E-state index in [4.69, 9.17) is 5.73 Å². The van der Waals surface area contributed by atoms with Crippen molar-refractivity contribution in [2.45, 2.75) is 44.7 Å². The monoisotopic (exact) mass is 220 g/mol. The van der Waals surface area contributed by atoms with E-state index in [1.807, 2.05) is 11.7 Å². The Kier molecular flexibility index (Phi) is 2.39. The van der Waals surface area contributed by atoms with E-state index in [-0.39, 0.29) is 0 Å². The Balaban J connectivity index is 1.82. The van der Waals surface area contributed by atoms with Crippen LogP contribution in [0.25, 0.3) is 0 Å². The van der Waals surface area contributed by atoms with Crippen molar-refractivity contribution in [2.75, 3.05) is 12.3 Å². The van der Waals surface area contributed by atoms with Crippen molar-refractivity contribution in [3.8, 4) is 0 Å². The van der Waals surface area contributed by atoms with Gasteiger partial charge in [0.2, 0.25) is 0 Å². The third-order valence-corrected chi connectivity index (χ3v) is 4.12. The number of hydrogen-bond acceptors (Lipinski definition) is 3. The van der Waals surface area contributed by atoms with Gasteiger partial charge in [0, 0.05) is 38.2 Å². The maximum absolute atomic E-state index is 6.06. The highest BCUT2D eigenvalue weighted by Crippen LogP contribution is 2.30. The molecule has 0 saturated heterocycles. The van der Waals surface area contributed by atoms with Gasteiger partial charge in [-0.1, -0.05) is 12.8 Å². The van der Waals surface area contributed by atoms with Crippen molar-refractivity contribution in [3.05, 3.63) is 11.3 Å². The lowest BCUT2D eigenvalue weighted by Gasteiger charge is -2.31. The molecule has 1 fully saturated rings. The first-order valence-corrected chi connectivity index (χ1v) is 6.30. The Bertz CT molecular complexity index is 390. The summed E-state index contributed by atoms with van der Waals surface area (Å²) < 4.78 is 1.82. The summed E-state index contributed by atoms with van der Waals surface area (Å²) in [4.78, 5) is 2.60. The average Bonchev–Trinajstić information content (AvgIpc) is 2.89. The van der Waals surface area contributed by atoms with Crippen LogP contribution in [0.2, 0.25) is 0 Å². The molecule has 0 unspecified atom stereocenters. The molecule has 2 heterocycles. The fourth-order valence-corrected chi connectivity index (χ4v) is 3.12. The molecule has 2 aliphatic rings. The highest BCUT2D eigenvalue weighted by Gasteiger charge is 2.28. The zero-order chi connectivity index (χ0) is 11.1. The lowest BCUT2D eigenvalue weighted by molar-refractivity contribution is 0.181. The maximum Gasteiger partial charge on any atom is 0.126 e. The fourth-order valence-electron chi connectivity index (χ4n) is 3.12. The number of nitrogens with zero attached hydrogens (tertiary/aromatic N) is 3. The standard InChI is InChI=1S/C12H20N4/c1-15-12(13)10-8-16(7-6-11(10)14-15)9-4-2-3-5-9/h9H,2-8,13H2,1H3. The minimum absolute atomic E-state index is 0.799. The molecule has 0 aromatic carbocycles. The summed E-state index contributed by atoms with van der Waals surface area (Å²) in [7, 11) is 1.94. The van der Waals surface area contributed by atoms with E-state index in [0.29, 0.717) is 0 Å². The van der Waals surface area contributed by atoms with Crippen molar-refractivity contribution in [3.63, 3.8) is 0 Å². The molecule has 0 spiro atoms. The number of aromatic nitrogens is 2. The summed E-state index contributed by atoms with van der Waals surface area (Å²) in [6.07, 6.45) is 6.61. The van der Waals surface area contributed by atoms with E-state index in [2.05, 4.69) is 10.00 Å². The van der Waals surface area contributed by atoms with Gasteiger partial charge in [-0.2, -0.15) is 5.10 Å². The van der Waals surface area contributed by atoms with Crippen LogP contribution in [0.1, 0.15) is 36.9 Å². The van der Waals surface area contributed by atoms with Crippen LogP contribution in [0, 0.1) is 0 Å². The molecule has 1 aromatic rings. The van der Waals surface area contributed by atoms with E-state index in [1.165, 1.54) is 36.9 Å². The molecule has 0 radical (unpaired) electrons.